The Labute approximate surface area is 138 Å². The zero-order valence-corrected chi connectivity index (χ0v) is 13.6. The molecule has 0 aliphatic rings. The number of hydrogen-bond donors (Lipinski definition) is 1. The average Bonchev–Trinajstić information content (AvgIpc) is 3.27. The lowest BCUT2D eigenvalue weighted by molar-refractivity contribution is -0.121. The number of aromatic nitrogens is 6. The first-order valence-corrected chi connectivity index (χ1v) is 7.67. The number of hydrogen-bond acceptors (Lipinski definition) is 6. The van der Waals surface area contributed by atoms with Gasteiger partial charge in [-0.25, -0.2) is 4.98 Å². The van der Waals surface area contributed by atoms with E-state index in [1.807, 2.05) is 30.8 Å². The first-order chi connectivity index (χ1) is 11.6. The van der Waals surface area contributed by atoms with Crippen molar-refractivity contribution in [3.63, 3.8) is 0 Å². The van der Waals surface area contributed by atoms with E-state index in [0.29, 0.717) is 37.7 Å². The molecule has 3 aromatic rings. The Morgan fingerprint density at radius 2 is 2.25 bits per heavy atom. The predicted octanol–water partition coefficient (Wildman–Crippen LogP) is 0.724. The maximum atomic E-state index is 11.8. The number of imidazole rings is 1. The third kappa shape index (κ3) is 3.86. The third-order valence-electron chi connectivity index (χ3n) is 3.51. The summed E-state index contributed by atoms with van der Waals surface area (Å²) in [6, 6.07) is 1.88. The number of carbonyl (C=O) groups is 1. The van der Waals surface area contributed by atoms with Crippen molar-refractivity contribution in [3.05, 3.63) is 36.4 Å². The first-order valence-electron chi connectivity index (χ1n) is 7.67. The van der Waals surface area contributed by atoms with Crippen LogP contribution in [-0.4, -0.2) is 42.0 Å². The zero-order valence-electron chi connectivity index (χ0n) is 13.6. The first kappa shape index (κ1) is 15.9. The van der Waals surface area contributed by atoms with Gasteiger partial charge in [-0.3, -0.25) is 9.48 Å². The van der Waals surface area contributed by atoms with E-state index >= 15 is 0 Å². The van der Waals surface area contributed by atoms with Crippen molar-refractivity contribution in [2.75, 3.05) is 6.54 Å². The summed E-state index contributed by atoms with van der Waals surface area (Å²) in [5.74, 6) is 0.800. The Kier molecular flexibility index (Phi) is 4.69. The summed E-state index contributed by atoms with van der Waals surface area (Å²) < 4.78 is 9.20. The predicted molar refractivity (Wildman–Crippen MR) is 84.8 cm³/mol. The summed E-state index contributed by atoms with van der Waals surface area (Å²) in [6.07, 6.45) is 5.98. The van der Waals surface area contributed by atoms with Gasteiger partial charge in [0.05, 0.1) is 12.0 Å². The summed E-state index contributed by atoms with van der Waals surface area (Å²) in [7, 11) is 1.82. The van der Waals surface area contributed by atoms with Gasteiger partial charge >= 0.3 is 0 Å². The molecule has 3 rings (SSSR count). The van der Waals surface area contributed by atoms with Gasteiger partial charge in [-0.05, 0) is 13.0 Å². The molecular weight excluding hydrogens is 310 g/mol. The van der Waals surface area contributed by atoms with Crippen LogP contribution in [0.2, 0.25) is 0 Å². The Morgan fingerprint density at radius 1 is 1.38 bits per heavy atom. The minimum Gasteiger partial charge on any atom is -0.419 e. The van der Waals surface area contributed by atoms with Crippen LogP contribution in [-0.2, 0) is 24.8 Å². The maximum Gasteiger partial charge on any atom is 0.265 e. The lowest BCUT2D eigenvalue weighted by Crippen LogP contribution is -2.27. The molecular formula is C15H19N7O2. The SMILES string of the molecule is Cc1cc(-c2nnc(CCC(=O)NCCn3ccnc3)o2)n(C)n1. The molecule has 1 N–H and O–H groups in total. The molecule has 3 heterocycles. The van der Waals surface area contributed by atoms with Crippen LogP contribution in [0.4, 0.5) is 0 Å². The lowest BCUT2D eigenvalue weighted by atomic mass is 10.3. The van der Waals surface area contributed by atoms with Gasteiger partial charge in [0.1, 0.15) is 5.69 Å². The van der Waals surface area contributed by atoms with E-state index in [-0.39, 0.29) is 5.91 Å². The number of aryl methyl sites for hydroxylation is 3. The van der Waals surface area contributed by atoms with Crippen molar-refractivity contribution in [1.82, 2.24) is 34.8 Å². The molecule has 3 aromatic heterocycles. The molecule has 0 atom stereocenters. The van der Waals surface area contributed by atoms with Crippen LogP contribution >= 0.6 is 0 Å². The van der Waals surface area contributed by atoms with Gasteiger partial charge in [0.25, 0.3) is 5.89 Å². The highest BCUT2D eigenvalue weighted by Gasteiger charge is 2.14. The summed E-state index contributed by atoms with van der Waals surface area (Å²) in [4.78, 5) is 15.8. The number of nitrogens with zero attached hydrogens (tertiary/aromatic N) is 6. The van der Waals surface area contributed by atoms with E-state index in [1.54, 1.807) is 17.2 Å². The summed E-state index contributed by atoms with van der Waals surface area (Å²) in [5, 5.41) is 15.1. The molecule has 126 valence electrons. The zero-order chi connectivity index (χ0) is 16.9. The molecule has 0 aliphatic carbocycles. The average molecular weight is 329 g/mol. The van der Waals surface area contributed by atoms with Gasteiger partial charge in [-0.15, -0.1) is 10.2 Å². The minimum absolute atomic E-state index is 0.0498. The second-order valence-electron chi connectivity index (χ2n) is 5.45. The second-order valence-corrected chi connectivity index (χ2v) is 5.45. The van der Waals surface area contributed by atoms with Crippen LogP contribution in [0.25, 0.3) is 11.6 Å². The fraction of sp³-hybridized carbons (Fsp3) is 0.400. The molecule has 9 nitrogen and oxygen atoms in total. The smallest absolute Gasteiger partial charge is 0.265 e. The lowest BCUT2D eigenvalue weighted by Gasteiger charge is -2.04. The minimum atomic E-state index is -0.0498. The molecule has 1 amide bonds. The highest BCUT2D eigenvalue weighted by molar-refractivity contribution is 5.75. The largest absolute Gasteiger partial charge is 0.419 e. The van der Waals surface area contributed by atoms with E-state index < -0.39 is 0 Å². The van der Waals surface area contributed by atoms with E-state index in [0.717, 1.165) is 11.4 Å². The van der Waals surface area contributed by atoms with Crippen molar-refractivity contribution in [2.45, 2.75) is 26.3 Å². The molecule has 0 saturated heterocycles. The van der Waals surface area contributed by atoms with E-state index in [2.05, 4.69) is 25.6 Å². The quantitative estimate of drug-likeness (QED) is 0.685. The Hall–Kier alpha value is -2.97. The monoisotopic (exact) mass is 329 g/mol. The third-order valence-corrected chi connectivity index (χ3v) is 3.51. The Balaban J connectivity index is 1.46. The Morgan fingerprint density at radius 3 is 2.96 bits per heavy atom. The molecule has 0 fully saturated rings. The maximum absolute atomic E-state index is 11.8. The highest BCUT2D eigenvalue weighted by atomic mass is 16.4. The summed E-state index contributed by atoms with van der Waals surface area (Å²) >= 11 is 0. The van der Waals surface area contributed by atoms with Crippen molar-refractivity contribution < 1.29 is 9.21 Å². The Bertz CT molecular complexity index is 804. The second kappa shape index (κ2) is 7.07. The van der Waals surface area contributed by atoms with Gasteiger partial charge in [0.2, 0.25) is 11.8 Å². The fourth-order valence-corrected chi connectivity index (χ4v) is 2.32. The van der Waals surface area contributed by atoms with Crippen LogP contribution in [0.5, 0.6) is 0 Å². The number of rotatable bonds is 7. The van der Waals surface area contributed by atoms with E-state index in [4.69, 9.17) is 4.42 Å². The van der Waals surface area contributed by atoms with Gasteiger partial charge in [-0.1, -0.05) is 0 Å². The molecule has 0 bridgehead atoms. The summed E-state index contributed by atoms with van der Waals surface area (Å²) in [5.41, 5.74) is 1.64. The van der Waals surface area contributed by atoms with Gasteiger partial charge < -0.3 is 14.3 Å². The van der Waals surface area contributed by atoms with Crippen molar-refractivity contribution in [3.8, 4) is 11.6 Å². The van der Waals surface area contributed by atoms with Crippen LogP contribution in [0, 0.1) is 6.92 Å². The van der Waals surface area contributed by atoms with Crippen LogP contribution in [0.15, 0.2) is 29.2 Å². The van der Waals surface area contributed by atoms with Gasteiger partial charge in [0.15, 0.2) is 0 Å². The molecule has 24 heavy (non-hydrogen) atoms. The van der Waals surface area contributed by atoms with E-state index in [1.165, 1.54) is 0 Å². The number of amides is 1. The molecule has 0 unspecified atom stereocenters. The van der Waals surface area contributed by atoms with Crippen LogP contribution in [0.3, 0.4) is 0 Å². The fourth-order valence-electron chi connectivity index (χ4n) is 2.32. The normalized spacial score (nSPS) is 10.9. The van der Waals surface area contributed by atoms with Gasteiger partial charge in [0, 0.05) is 45.4 Å². The molecule has 0 aliphatic heterocycles. The van der Waals surface area contributed by atoms with Crippen molar-refractivity contribution >= 4 is 5.91 Å². The van der Waals surface area contributed by atoms with Crippen molar-refractivity contribution in [2.24, 2.45) is 7.05 Å². The number of carbonyl (C=O) groups excluding carboxylic acids is 1. The molecule has 0 saturated carbocycles. The standard InChI is InChI=1S/C15H19N7O2/c1-11-9-12(21(2)20-11)15-19-18-14(24-15)4-3-13(23)17-6-8-22-7-5-16-10-22/h5,7,9-10H,3-4,6,8H2,1-2H3,(H,17,23). The van der Waals surface area contributed by atoms with Crippen LogP contribution in [0.1, 0.15) is 18.0 Å². The number of nitrogens with one attached hydrogen (secondary N) is 1. The topological polar surface area (TPSA) is 104 Å². The highest BCUT2D eigenvalue weighted by Crippen LogP contribution is 2.18. The van der Waals surface area contributed by atoms with Crippen LogP contribution < -0.4 is 5.32 Å². The molecule has 0 radical (unpaired) electrons. The molecule has 0 spiro atoms. The molecule has 9 heteroatoms. The van der Waals surface area contributed by atoms with Crippen molar-refractivity contribution in [1.29, 1.82) is 0 Å². The van der Waals surface area contributed by atoms with E-state index in [9.17, 15) is 4.79 Å². The van der Waals surface area contributed by atoms with Gasteiger partial charge in [-0.2, -0.15) is 5.10 Å². The molecule has 0 aromatic carbocycles. The summed E-state index contributed by atoms with van der Waals surface area (Å²) in [6.45, 7) is 3.14.